The Morgan fingerprint density at radius 3 is 2.92 bits per heavy atom. The van der Waals surface area contributed by atoms with Crippen LogP contribution < -0.4 is 15.4 Å². The Balaban J connectivity index is 1.73. The van der Waals surface area contributed by atoms with Gasteiger partial charge in [-0.2, -0.15) is 0 Å². The summed E-state index contributed by atoms with van der Waals surface area (Å²) < 4.78 is 5.45. The van der Waals surface area contributed by atoms with Crippen molar-refractivity contribution >= 4 is 5.96 Å². The molecule has 0 aromatic heterocycles. The highest BCUT2D eigenvalue weighted by molar-refractivity contribution is 5.79. The topological polar surface area (TPSA) is 48.9 Å². The molecule has 1 aromatic rings. The van der Waals surface area contributed by atoms with E-state index in [-0.39, 0.29) is 0 Å². The fraction of sp³-hybridized carbons (Fsp3) is 0.650. The first-order chi connectivity index (χ1) is 12.2. The maximum atomic E-state index is 5.45. The van der Waals surface area contributed by atoms with Gasteiger partial charge < -0.3 is 20.3 Å². The van der Waals surface area contributed by atoms with Crippen LogP contribution in [0.3, 0.4) is 0 Å². The van der Waals surface area contributed by atoms with Crippen LogP contribution in [0.25, 0.3) is 0 Å². The smallest absolute Gasteiger partial charge is 0.190 e. The third-order valence-corrected chi connectivity index (χ3v) is 4.81. The van der Waals surface area contributed by atoms with Crippen molar-refractivity contribution in [2.75, 3.05) is 46.9 Å². The van der Waals surface area contributed by atoms with Gasteiger partial charge in [0.1, 0.15) is 5.75 Å². The molecular weight excluding hydrogens is 312 g/mol. The van der Waals surface area contributed by atoms with Crippen molar-refractivity contribution in [3.8, 4) is 5.75 Å². The lowest BCUT2D eigenvalue weighted by Gasteiger charge is -2.17. The minimum atomic E-state index is 0.724. The zero-order valence-corrected chi connectivity index (χ0v) is 16.3. The first-order valence-electron chi connectivity index (χ1n) is 9.46. The van der Waals surface area contributed by atoms with Crippen molar-refractivity contribution in [2.45, 2.75) is 33.1 Å². The van der Waals surface area contributed by atoms with E-state index in [0.717, 1.165) is 37.1 Å². The lowest BCUT2D eigenvalue weighted by atomic mass is 10.1. The van der Waals surface area contributed by atoms with E-state index in [4.69, 9.17) is 4.74 Å². The summed E-state index contributed by atoms with van der Waals surface area (Å²) in [5.41, 5.74) is 2.49. The van der Waals surface area contributed by atoms with Crippen LogP contribution in [-0.4, -0.2) is 57.7 Å². The van der Waals surface area contributed by atoms with E-state index in [1.165, 1.54) is 43.6 Å². The van der Waals surface area contributed by atoms with E-state index < -0.39 is 0 Å². The van der Waals surface area contributed by atoms with Crippen molar-refractivity contribution < 1.29 is 4.74 Å². The SMILES string of the molecule is CCCN1CCC(CNC(=NC)NCCc2cc(C)ccc2OC)C1. The molecule has 0 amide bonds. The highest BCUT2D eigenvalue weighted by Crippen LogP contribution is 2.19. The van der Waals surface area contributed by atoms with Crippen LogP contribution in [0.1, 0.15) is 30.9 Å². The van der Waals surface area contributed by atoms with Crippen LogP contribution in [-0.2, 0) is 6.42 Å². The quantitative estimate of drug-likeness (QED) is 0.561. The molecule has 2 N–H and O–H groups in total. The normalized spacial score (nSPS) is 18.4. The summed E-state index contributed by atoms with van der Waals surface area (Å²) in [6.07, 6.45) is 3.44. The molecule has 0 aliphatic carbocycles. The number of likely N-dealkylation sites (tertiary alicyclic amines) is 1. The van der Waals surface area contributed by atoms with Crippen LogP contribution in [0.15, 0.2) is 23.2 Å². The molecular formula is C20H34N4O. The molecule has 0 radical (unpaired) electrons. The molecule has 0 spiro atoms. The van der Waals surface area contributed by atoms with Gasteiger partial charge in [-0.3, -0.25) is 4.99 Å². The Hall–Kier alpha value is -1.75. The lowest BCUT2D eigenvalue weighted by molar-refractivity contribution is 0.324. The molecule has 1 atom stereocenters. The maximum absolute atomic E-state index is 5.45. The lowest BCUT2D eigenvalue weighted by Crippen LogP contribution is -2.41. The Morgan fingerprint density at radius 2 is 2.20 bits per heavy atom. The summed E-state index contributed by atoms with van der Waals surface area (Å²) in [5.74, 6) is 2.57. The van der Waals surface area contributed by atoms with Gasteiger partial charge in [0.25, 0.3) is 0 Å². The number of methoxy groups -OCH3 is 1. The standard InChI is InChI=1S/C20H34N4O/c1-5-11-24-12-9-17(15-24)14-23-20(21-3)22-10-8-18-13-16(2)6-7-19(18)25-4/h6-7,13,17H,5,8-12,14-15H2,1-4H3,(H2,21,22,23). The summed E-state index contributed by atoms with van der Waals surface area (Å²) in [6.45, 7) is 9.86. The summed E-state index contributed by atoms with van der Waals surface area (Å²) in [4.78, 5) is 6.91. The number of benzene rings is 1. The molecule has 2 rings (SSSR count). The number of nitrogens with one attached hydrogen (secondary N) is 2. The molecule has 0 bridgehead atoms. The van der Waals surface area contributed by atoms with Crippen molar-refractivity contribution in [2.24, 2.45) is 10.9 Å². The second-order valence-corrected chi connectivity index (χ2v) is 6.90. The second kappa shape index (κ2) is 10.3. The van der Waals surface area contributed by atoms with Crippen LogP contribution in [0.5, 0.6) is 5.75 Å². The van der Waals surface area contributed by atoms with E-state index >= 15 is 0 Å². The van der Waals surface area contributed by atoms with Crippen molar-refractivity contribution in [1.82, 2.24) is 15.5 Å². The number of hydrogen-bond acceptors (Lipinski definition) is 3. The first-order valence-corrected chi connectivity index (χ1v) is 9.46. The molecule has 5 heteroatoms. The monoisotopic (exact) mass is 346 g/mol. The highest BCUT2D eigenvalue weighted by Gasteiger charge is 2.21. The number of ether oxygens (including phenoxy) is 1. The fourth-order valence-electron chi connectivity index (χ4n) is 3.48. The van der Waals surface area contributed by atoms with Gasteiger partial charge in [-0.15, -0.1) is 0 Å². The number of aryl methyl sites for hydroxylation is 1. The Labute approximate surface area is 152 Å². The highest BCUT2D eigenvalue weighted by atomic mass is 16.5. The minimum absolute atomic E-state index is 0.724. The molecule has 0 saturated carbocycles. The van der Waals surface area contributed by atoms with Gasteiger partial charge in [0, 0.05) is 26.7 Å². The summed E-state index contributed by atoms with van der Waals surface area (Å²) in [7, 11) is 3.56. The summed E-state index contributed by atoms with van der Waals surface area (Å²) >= 11 is 0. The molecule has 1 aliphatic rings. The van der Waals surface area contributed by atoms with Crippen molar-refractivity contribution in [3.05, 3.63) is 29.3 Å². The van der Waals surface area contributed by atoms with Gasteiger partial charge >= 0.3 is 0 Å². The van der Waals surface area contributed by atoms with Crippen LogP contribution >= 0.6 is 0 Å². The molecule has 1 saturated heterocycles. The van der Waals surface area contributed by atoms with Gasteiger partial charge in [-0.25, -0.2) is 0 Å². The average Bonchev–Trinajstić information content (AvgIpc) is 3.06. The van der Waals surface area contributed by atoms with Gasteiger partial charge in [-0.05, 0) is 56.8 Å². The zero-order chi connectivity index (χ0) is 18.1. The largest absolute Gasteiger partial charge is 0.496 e. The van der Waals surface area contributed by atoms with Gasteiger partial charge in [-0.1, -0.05) is 24.6 Å². The minimum Gasteiger partial charge on any atom is -0.496 e. The van der Waals surface area contributed by atoms with E-state index in [1.807, 2.05) is 13.1 Å². The Morgan fingerprint density at radius 1 is 1.36 bits per heavy atom. The van der Waals surface area contributed by atoms with Crippen LogP contribution in [0, 0.1) is 12.8 Å². The van der Waals surface area contributed by atoms with Crippen LogP contribution in [0.4, 0.5) is 0 Å². The first kappa shape index (κ1) is 19.6. The predicted octanol–water partition coefficient (Wildman–Crippen LogP) is 2.44. The number of hydrogen-bond donors (Lipinski definition) is 2. The number of aliphatic imine (C=N–C) groups is 1. The number of rotatable bonds is 8. The van der Waals surface area contributed by atoms with Crippen molar-refractivity contribution in [3.63, 3.8) is 0 Å². The van der Waals surface area contributed by atoms with E-state index in [9.17, 15) is 0 Å². The number of guanidine groups is 1. The molecule has 140 valence electrons. The molecule has 1 fully saturated rings. The molecule has 1 heterocycles. The van der Waals surface area contributed by atoms with Gasteiger partial charge in [0.2, 0.25) is 0 Å². The third-order valence-electron chi connectivity index (χ3n) is 4.81. The number of nitrogens with zero attached hydrogens (tertiary/aromatic N) is 2. The molecule has 1 unspecified atom stereocenters. The van der Waals surface area contributed by atoms with Crippen LogP contribution in [0.2, 0.25) is 0 Å². The van der Waals surface area contributed by atoms with E-state index in [0.29, 0.717) is 0 Å². The van der Waals surface area contributed by atoms with Gasteiger partial charge in [0.15, 0.2) is 5.96 Å². The Kier molecular flexibility index (Phi) is 8.06. The van der Waals surface area contributed by atoms with Gasteiger partial charge in [0.05, 0.1) is 7.11 Å². The second-order valence-electron chi connectivity index (χ2n) is 6.90. The van der Waals surface area contributed by atoms with E-state index in [1.54, 1.807) is 7.11 Å². The predicted molar refractivity (Wildman–Crippen MR) is 106 cm³/mol. The molecule has 5 nitrogen and oxygen atoms in total. The maximum Gasteiger partial charge on any atom is 0.190 e. The molecule has 25 heavy (non-hydrogen) atoms. The van der Waals surface area contributed by atoms with Crippen molar-refractivity contribution in [1.29, 1.82) is 0 Å². The molecule has 1 aliphatic heterocycles. The zero-order valence-electron chi connectivity index (χ0n) is 16.3. The van der Waals surface area contributed by atoms with E-state index in [2.05, 4.69) is 46.5 Å². The summed E-state index contributed by atoms with van der Waals surface area (Å²) in [5, 5.41) is 6.90. The summed E-state index contributed by atoms with van der Waals surface area (Å²) in [6, 6.07) is 6.32. The molecule has 1 aromatic carbocycles. The fourth-order valence-corrected chi connectivity index (χ4v) is 3.48. The average molecular weight is 347 g/mol. The Bertz CT molecular complexity index is 559. The third kappa shape index (κ3) is 6.24.